The summed E-state index contributed by atoms with van der Waals surface area (Å²) in [7, 11) is -4.25. The molecule has 0 N–H and O–H groups in total. The lowest BCUT2D eigenvalue weighted by Gasteiger charge is -2.06. The fourth-order valence-corrected chi connectivity index (χ4v) is 4.29. The molecule has 0 aromatic heterocycles. The van der Waals surface area contributed by atoms with E-state index in [9.17, 15) is 18.7 Å². The average Bonchev–Trinajstić information content (AvgIpc) is 2.63. The van der Waals surface area contributed by atoms with Crippen LogP contribution in [0.5, 0.6) is 0 Å². The predicted molar refractivity (Wildman–Crippen MR) is 100 cm³/mol. The molecule has 0 radical (unpaired) electrons. The fourth-order valence-electron chi connectivity index (χ4n) is 2.78. The van der Waals surface area contributed by atoms with Crippen LogP contribution in [-0.2, 0) is 9.84 Å². The van der Waals surface area contributed by atoms with Crippen LogP contribution in [0.2, 0.25) is 0 Å². The molecule has 0 fully saturated rings. The largest absolute Gasteiger partial charge is 0.456 e. The first kappa shape index (κ1) is 17.7. The first-order valence-electron chi connectivity index (χ1n) is 7.92. The molecular formula is C20H16N2O3S. The number of sulfone groups is 1. The molecule has 0 aliphatic carbocycles. The maximum atomic E-state index is 12.9. The van der Waals surface area contributed by atoms with Crippen molar-refractivity contribution >= 4 is 31.4 Å². The molecule has 3 aromatic rings. The lowest BCUT2D eigenvalue weighted by molar-refractivity contribution is -0.00158. The van der Waals surface area contributed by atoms with Crippen LogP contribution in [0.4, 0.5) is 0 Å². The number of rotatable bonds is 3. The number of ketones is 1. The first-order chi connectivity index (χ1) is 12.3. The van der Waals surface area contributed by atoms with E-state index in [0.29, 0.717) is 5.56 Å². The van der Waals surface area contributed by atoms with Gasteiger partial charge in [-0.15, -0.1) is 4.79 Å². The monoisotopic (exact) mass is 364 g/mol. The molecule has 0 bridgehead atoms. The van der Waals surface area contributed by atoms with Gasteiger partial charge in [0.25, 0.3) is 15.6 Å². The van der Waals surface area contributed by atoms with Gasteiger partial charge in [-0.3, -0.25) is 4.79 Å². The van der Waals surface area contributed by atoms with Crippen molar-refractivity contribution < 1.29 is 18.0 Å². The molecule has 0 aliphatic heterocycles. The van der Waals surface area contributed by atoms with Crippen LogP contribution in [0.15, 0.2) is 65.6 Å². The molecule has 3 rings (SSSR count). The quantitative estimate of drug-likeness (QED) is 0.233. The molecule has 0 atom stereocenters. The standard InChI is InChI=1S/C20H16N2O3S/c1-13-7-8-14(2)18(11-13)26(24,25)20(22-21)19(23)17-10-9-15-5-3-4-6-16(15)12-17/h3-12H,1-2H3. The normalized spacial score (nSPS) is 11.2. The highest BCUT2D eigenvalue weighted by Crippen LogP contribution is 2.22. The van der Waals surface area contributed by atoms with Crippen molar-refractivity contribution in [3.05, 3.63) is 82.9 Å². The molecule has 0 saturated carbocycles. The van der Waals surface area contributed by atoms with Crippen LogP contribution in [0.3, 0.4) is 0 Å². The molecule has 130 valence electrons. The Labute approximate surface area is 151 Å². The van der Waals surface area contributed by atoms with Crippen LogP contribution >= 0.6 is 0 Å². The summed E-state index contributed by atoms with van der Waals surface area (Å²) in [6, 6.07) is 17.1. The highest BCUT2D eigenvalue weighted by molar-refractivity contribution is 8.08. The summed E-state index contributed by atoms with van der Waals surface area (Å²) in [5, 5.41) is 0.824. The van der Waals surface area contributed by atoms with E-state index in [0.717, 1.165) is 16.3 Å². The van der Waals surface area contributed by atoms with Crippen molar-refractivity contribution in [2.75, 3.05) is 0 Å². The van der Waals surface area contributed by atoms with E-state index in [1.54, 1.807) is 38.1 Å². The third-order valence-electron chi connectivity index (χ3n) is 4.18. The summed E-state index contributed by atoms with van der Waals surface area (Å²) in [6.45, 7) is 3.38. The second-order valence-corrected chi connectivity index (χ2v) is 7.90. The van der Waals surface area contributed by atoms with Gasteiger partial charge in [-0.1, -0.05) is 48.5 Å². The Balaban J connectivity index is 2.11. The summed E-state index contributed by atoms with van der Waals surface area (Å²) in [6.07, 6.45) is 0. The van der Waals surface area contributed by atoms with Gasteiger partial charge in [0.2, 0.25) is 0 Å². The van der Waals surface area contributed by atoms with Gasteiger partial charge in [-0.05, 0) is 47.9 Å². The molecule has 0 aliphatic rings. The lowest BCUT2D eigenvalue weighted by atomic mass is 10.0. The smallest absolute Gasteiger partial charge is 0.360 e. The summed E-state index contributed by atoms with van der Waals surface area (Å²) in [4.78, 5) is 15.6. The zero-order valence-corrected chi connectivity index (χ0v) is 15.1. The second kappa shape index (κ2) is 6.67. The number of hydrogen-bond donors (Lipinski definition) is 0. The Kier molecular flexibility index (Phi) is 4.55. The van der Waals surface area contributed by atoms with Crippen molar-refractivity contribution in [2.45, 2.75) is 18.7 Å². The highest BCUT2D eigenvalue weighted by Gasteiger charge is 2.39. The van der Waals surface area contributed by atoms with Crippen molar-refractivity contribution in [2.24, 2.45) is 0 Å². The van der Waals surface area contributed by atoms with Gasteiger partial charge in [0, 0.05) is 5.56 Å². The Morgan fingerprint density at radius 1 is 0.923 bits per heavy atom. The molecule has 0 unspecified atom stereocenters. The number of aryl methyl sites for hydroxylation is 2. The highest BCUT2D eigenvalue weighted by atomic mass is 32.2. The maximum Gasteiger partial charge on any atom is 0.456 e. The van der Waals surface area contributed by atoms with E-state index in [1.165, 1.54) is 12.1 Å². The van der Waals surface area contributed by atoms with E-state index in [1.807, 2.05) is 24.3 Å². The molecular weight excluding hydrogens is 348 g/mol. The Morgan fingerprint density at radius 2 is 1.62 bits per heavy atom. The third kappa shape index (κ3) is 3.08. The predicted octanol–water partition coefficient (Wildman–Crippen LogP) is 3.74. The van der Waals surface area contributed by atoms with Crippen LogP contribution in [0.25, 0.3) is 16.3 Å². The van der Waals surface area contributed by atoms with Gasteiger partial charge < -0.3 is 5.53 Å². The Hall–Kier alpha value is -3.08. The second-order valence-electron chi connectivity index (χ2n) is 6.07. The molecule has 3 aromatic carbocycles. The minimum Gasteiger partial charge on any atom is -0.360 e. The number of carbonyl (C=O) groups excluding carboxylic acids is 1. The zero-order chi connectivity index (χ0) is 18.9. The third-order valence-corrected chi connectivity index (χ3v) is 5.98. The minimum absolute atomic E-state index is 0.0422. The van der Waals surface area contributed by atoms with Crippen LogP contribution < -0.4 is 0 Å². The summed E-state index contributed by atoms with van der Waals surface area (Å²) in [5.41, 5.74) is 10.7. The molecule has 5 nitrogen and oxygen atoms in total. The average molecular weight is 364 g/mol. The summed E-state index contributed by atoms with van der Waals surface area (Å²) in [5.74, 6) is -0.848. The molecule has 0 heterocycles. The number of hydrogen-bond acceptors (Lipinski definition) is 3. The van der Waals surface area contributed by atoms with Gasteiger partial charge in [0.05, 0.1) is 4.90 Å². The zero-order valence-electron chi connectivity index (χ0n) is 14.3. The lowest BCUT2D eigenvalue weighted by Crippen LogP contribution is -2.26. The SMILES string of the molecule is Cc1ccc(C)c(S(=O)(=O)C(=[N+]=[N-])C(=O)c2ccc3ccccc3c2)c1. The van der Waals surface area contributed by atoms with Gasteiger partial charge >= 0.3 is 5.04 Å². The van der Waals surface area contributed by atoms with Crippen molar-refractivity contribution in [1.82, 2.24) is 0 Å². The maximum absolute atomic E-state index is 12.9. The molecule has 6 heteroatoms. The van der Waals surface area contributed by atoms with E-state index < -0.39 is 20.7 Å². The van der Waals surface area contributed by atoms with E-state index in [-0.39, 0.29) is 10.5 Å². The van der Waals surface area contributed by atoms with Gasteiger partial charge in [0.15, 0.2) is 0 Å². The number of carbonyl (C=O) groups is 1. The number of Topliss-reactive ketones (excluding diaryl/α,β-unsaturated/α-hetero) is 1. The van der Waals surface area contributed by atoms with Crippen LogP contribution in [0, 0.1) is 13.8 Å². The van der Waals surface area contributed by atoms with E-state index in [2.05, 4.69) is 4.79 Å². The topological polar surface area (TPSA) is 87.6 Å². The molecule has 26 heavy (non-hydrogen) atoms. The van der Waals surface area contributed by atoms with Gasteiger partial charge in [-0.25, -0.2) is 8.42 Å². The van der Waals surface area contributed by atoms with Crippen molar-refractivity contribution in [3.8, 4) is 0 Å². The summed E-state index contributed by atoms with van der Waals surface area (Å²) < 4.78 is 25.8. The van der Waals surface area contributed by atoms with Gasteiger partial charge in [0.1, 0.15) is 0 Å². The van der Waals surface area contributed by atoms with Crippen molar-refractivity contribution in [3.63, 3.8) is 0 Å². The van der Waals surface area contributed by atoms with Crippen LogP contribution in [0.1, 0.15) is 21.5 Å². The van der Waals surface area contributed by atoms with Crippen LogP contribution in [-0.4, -0.2) is 24.0 Å². The minimum atomic E-state index is -4.25. The Bertz CT molecular complexity index is 1190. The fraction of sp³-hybridized carbons (Fsp3) is 0.100. The molecule has 0 saturated heterocycles. The van der Waals surface area contributed by atoms with Crippen molar-refractivity contribution in [1.29, 1.82) is 0 Å². The number of nitrogens with zero attached hydrogens (tertiary/aromatic N) is 2. The summed E-state index contributed by atoms with van der Waals surface area (Å²) >= 11 is 0. The van der Waals surface area contributed by atoms with E-state index >= 15 is 0 Å². The first-order valence-corrected chi connectivity index (χ1v) is 9.41. The Morgan fingerprint density at radius 3 is 2.31 bits per heavy atom. The van der Waals surface area contributed by atoms with Gasteiger partial charge in [-0.2, -0.15) is 0 Å². The van der Waals surface area contributed by atoms with E-state index in [4.69, 9.17) is 0 Å². The number of fused-ring (bicyclic) bond motifs is 1. The molecule has 0 amide bonds. The number of benzene rings is 3. The molecule has 0 spiro atoms.